The van der Waals surface area contributed by atoms with Gasteiger partial charge in [0.1, 0.15) is 0 Å². The molecule has 0 heterocycles. The van der Waals surface area contributed by atoms with Crippen molar-refractivity contribution in [2.75, 3.05) is 11.1 Å². The second-order valence-corrected chi connectivity index (χ2v) is 7.82. The minimum absolute atomic E-state index is 0.131. The first-order valence-corrected chi connectivity index (χ1v) is 8.85. The van der Waals surface area contributed by atoms with Crippen molar-refractivity contribution in [1.82, 2.24) is 0 Å². The summed E-state index contributed by atoms with van der Waals surface area (Å²) in [4.78, 5) is 0.381. The Morgan fingerprint density at radius 1 is 1.21 bits per heavy atom. The fourth-order valence-corrected chi connectivity index (χ4v) is 3.61. The van der Waals surface area contributed by atoms with Gasteiger partial charge < -0.3 is 5.32 Å². The molecule has 0 saturated heterocycles. The highest BCUT2D eigenvalue weighted by Gasteiger charge is 2.22. The first-order chi connectivity index (χ1) is 9.03. The lowest BCUT2D eigenvalue weighted by Gasteiger charge is -2.28. The van der Waals surface area contributed by atoms with Gasteiger partial charge in [-0.05, 0) is 37.1 Å². The summed E-state index contributed by atoms with van der Waals surface area (Å²) < 4.78 is 23.4. The Hall–Kier alpha value is -0.740. The monoisotopic (exact) mass is 301 g/mol. The Kier molecular flexibility index (Phi) is 4.74. The quantitative estimate of drug-likeness (QED) is 0.867. The molecule has 2 rings (SSSR count). The van der Waals surface area contributed by atoms with Crippen LogP contribution in [0.15, 0.2) is 29.2 Å². The van der Waals surface area contributed by atoms with Gasteiger partial charge in [-0.1, -0.05) is 19.8 Å². The number of sulfone groups is 1. The summed E-state index contributed by atoms with van der Waals surface area (Å²) in [7, 11) is -3.11. The lowest BCUT2D eigenvalue weighted by atomic mass is 9.95. The first-order valence-electron chi connectivity index (χ1n) is 6.76. The molecule has 1 aromatic carbocycles. The molecule has 3 nitrogen and oxygen atoms in total. The molecule has 1 N–H and O–H groups in total. The average molecular weight is 302 g/mol. The van der Waals surface area contributed by atoms with Gasteiger partial charge in [-0.15, -0.1) is 11.6 Å². The molecule has 2 atom stereocenters. The van der Waals surface area contributed by atoms with Gasteiger partial charge in [-0.25, -0.2) is 8.42 Å². The fourth-order valence-electron chi connectivity index (χ4n) is 2.39. The molecule has 1 aliphatic rings. The van der Waals surface area contributed by atoms with Crippen LogP contribution in [0.25, 0.3) is 0 Å². The van der Waals surface area contributed by atoms with Crippen LogP contribution in [0.5, 0.6) is 0 Å². The highest BCUT2D eigenvalue weighted by Crippen LogP contribution is 2.26. The van der Waals surface area contributed by atoms with E-state index in [2.05, 4.69) is 5.32 Å². The molecule has 0 radical (unpaired) electrons. The van der Waals surface area contributed by atoms with E-state index in [9.17, 15) is 8.42 Å². The molecule has 2 unspecified atom stereocenters. The van der Waals surface area contributed by atoms with Crippen LogP contribution in [0.4, 0.5) is 5.69 Å². The predicted molar refractivity (Wildman–Crippen MR) is 79.7 cm³/mol. The molecule has 106 valence electrons. The number of anilines is 1. The number of nitrogens with one attached hydrogen (secondary N) is 1. The number of benzene rings is 1. The normalized spacial score (nSPS) is 24.1. The Balaban J connectivity index is 2.06. The van der Waals surface area contributed by atoms with E-state index in [-0.39, 0.29) is 17.2 Å². The third kappa shape index (κ3) is 3.63. The van der Waals surface area contributed by atoms with Crippen LogP contribution >= 0.6 is 11.6 Å². The molecule has 0 amide bonds. The summed E-state index contributed by atoms with van der Waals surface area (Å²) in [6.45, 7) is 1.65. The Morgan fingerprint density at radius 2 is 1.84 bits per heavy atom. The number of rotatable bonds is 4. The molecular weight excluding hydrogens is 282 g/mol. The van der Waals surface area contributed by atoms with Crippen molar-refractivity contribution in [1.29, 1.82) is 0 Å². The summed E-state index contributed by atoms with van der Waals surface area (Å²) in [6.07, 6.45) is 4.51. The van der Waals surface area contributed by atoms with Crippen molar-refractivity contribution in [3.8, 4) is 0 Å². The largest absolute Gasteiger partial charge is 0.381 e. The molecule has 0 spiro atoms. The van der Waals surface area contributed by atoms with E-state index in [1.807, 2.05) is 12.1 Å². The SMILES string of the molecule is CCS(=O)(=O)c1ccc(NC2CCCCC2Cl)cc1. The van der Waals surface area contributed by atoms with Gasteiger partial charge in [0.05, 0.1) is 16.0 Å². The van der Waals surface area contributed by atoms with Crippen LogP contribution in [0.3, 0.4) is 0 Å². The van der Waals surface area contributed by atoms with Gasteiger partial charge in [-0.2, -0.15) is 0 Å². The van der Waals surface area contributed by atoms with E-state index in [1.165, 1.54) is 12.8 Å². The molecule has 1 fully saturated rings. The maximum Gasteiger partial charge on any atom is 0.178 e. The third-order valence-electron chi connectivity index (χ3n) is 3.63. The smallest absolute Gasteiger partial charge is 0.178 e. The van der Waals surface area contributed by atoms with Crippen molar-refractivity contribution >= 4 is 27.1 Å². The van der Waals surface area contributed by atoms with E-state index >= 15 is 0 Å². The van der Waals surface area contributed by atoms with Crippen molar-refractivity contribution in [2.24, 2.45) is 0 Å². The highest BCUT2D eigenvalue weighted by atomic mass is 35.5. The van der Waals surface area contributed by atoms with Crippen molar-refractivity contribution in [2.45, 2.75) is 48.9 Å². The summed E-state index contributed by atoms with van der Waals surface area (Å²) in [6, 6.07) is 7.24. The second-order valence-electron chi connectivity index (χ2n) is 4.98. The molecule has 1 saturated carbocycles. The highest BCUT2D eigenvalue weighted by molar-refractivity contribution is 7.91. The van der Waals surface area contributed by atoms with Crippen LogP contribution in [-0.2, 0) is 9.84 Å². The van der Waals surface area contributed by atoms with Gasteiger partial charge in [-0.3, -0.25) is 0 Å². The molecule has 1 aromatic rings. The standard InChI is InChI=1S/C14H20ClNO2S/c1-2-19(17,18)12-9-7-11(8-10-12)16-14-6-4-3-5-13(14)15/h7-10,13-14,16H,2-6H2,1H3. The zero-order chi connectivity index (χ0) is 13.9. The van der Waals surface area contributed by atoms with Gasteiger partial charge >= 0.3 is 0 Å². The van der Waals surface area contributed by atoms with Crippen LogP contribution in [0.2, 0.25) is 0 Å². The number of hydrogen-bond donors (Lipinski definition) is 1. The lowest BCUT2D eigenvalue weighted by Crippen LogP contribution is -2.32. The third-order valence-corrected chi connectivity index (χ3v) is 5.90. The topological polar surface area (TPSA) is 46.2 Å². The lowest BCUT2D eigenvalue weighted by molar-refractivity contribution is 0.469. The van der Waals surface area contributed by atoms with E-state index < -0.39 is 9.84 Å². The molecular formula is C14H20ClNO2S. The molecule has 19 heavy (non-hydrogen) atoms. The van der Waals surface area contributed by atoms with Gasteiger partial charge in [0.25, 0.3) is 0 Å². The number of hydrogen-bond acceptors (Lipinski definition) is 3. The zero-order valence-corrected chi connectivity index (χ0v) is 12.7. The predicted octanol–water partition coefficient (Wildman–Crippen LogP) is 3.44. The van der Waals surface area contributed by atoms with Crippen molar-refractivity contribution in [3.63, 3.8) is 0 Å². The van der Waals surface area contributed by atoms with Crippen molar-refractivity contribution in [3.05, 3.63) is 24.3 Å². The first kappa shape index (κ1) is 14.7. The molecule has 1 aliphatic carbocycles. The zero-order valence-electron chi connectivity index (χ0n) is 11.1. The average Bonchev–Trinajstić information content (AvgIpc) is 2.42. The fraction of sp³-hybridized carbons (Fsp3) is 0.571. The Bertz CT molecular complexity index is 513. The second kappa shape index (κ2) is 6.14. The van der Waals surface area contributed by atoms with E-state index in [1.54, 1.807) is 19.1 Å². The van der Waals surface area contributed by atoms with Crippen LogP contribution in [0.1, 0.15) is 32.6 Å². The molecule has 0 bridgehead atoms. The van der Waals surface area contributed by atoms with Crippen molar-refractivity contribution < 1.29 is 8.42 Å². The van der Waals surface area contributed by atoms with Crippen LogP contribution in [0, 0.1) is 0 Å². The van der Waals surface area contributed by atoms with Crippen LogP contribution < -0.4 is 5.32 Å². The van der Waals surface area contributed by atoms with E-state index in [0.29, 0.717) is 4.90 Å². The molecule has 5 heteroatoms. The number of halogens is 1. The maximum atomic E-state index is 11.7. The summed E-state index contributed by atoms with van der Waals surface area (Å²) in [5, 5.41) is 3.56. The summed E-state index contributed by atoms with van der Waals surface area (Å²) >= 11 is 6.30. The van der Waals surface area contributed by atoms with Gasteiger partial charge in [0, 0.05) is 11.7 Å². The summed E-state index contributed by atoms with van der Waals surface area (Å²) in [5.74, 6) is 0.131. The van der Waals surface area contributed by atoms with E-state index in [4.69, 9.17) is 11.6 Å². The maximum absolute atomic E-state index is 11.7. The Labute approximate surface area is 120 Å². The number of alkyl halides is 1. The minimum Gasteiger partial charge on any atom is -0.381 e. The Morgan fingerprint density at radius 3 is 2.42 bits per heavy atom. The summed E-state index contributed by atoms with van der Waals surface area (Å²) in [5.41, 5.74) is 0.938. The minimum atomic E-state index is -3.11. The van der Waals surface area contributed by atoms with Crippen LogP contribution in [-0.4, -0.2) is 25.6 Å². The van der Waals surface area contributed by atoms with Gasteiger partial charge in [0.15, 0.2) is 9.84 Å². The van der Waals surface area contributed by atoms with E-state index in [0.717, 1.165) is 18.5 Å². The molecule has 0 aliphatic heterocycles. The molecule has 0 aromatic heterocycles. The van der Waals surface area contributed by atoms with Gasteiger partial charge in [0.2, 0.25) is 0 Å².